The van der Waals surface area contributed by atoms with Gasteiger partial charge < -0.3 is 4.74 Å². The fourth-order valence-electron chi connectivity index (χ4n) is 3.93. The second-order valence-electron chi connectivity index (χ2n) is 7.90. The number of ether oxygens (including phenoxy) is 1. The van der Waals surface area contributed by atoms with Crippen molar-refractivity contribution in [2.24, 2.45) is 0 Å². The first-order chi connectivity index (χ1) is 16.2. The van der Waals surface area contributed by atoms with Crippen molar-refractivity contribution < 1.29 is 14.3 Å². The third kappa shape index (κ3) is 4.85. The minimum Gasteiger partial charge on any atom is -0.379 e. The van der Waals surface area contributed by atoms with Crippen LogP contribution in [-0.2, 0) is 11.3 Å². The molecular formula is C26H23N3O3S. The molecule has 33 heavy (non-hydrogen) atoms. The van der Waals surface area contributed by atoms with E-state index in [-0.39, 0.29) is 11.7 Å². The monoisotopic (exact) mass is 457 g/mol. The minimum absolute atomic E-state index is 0.182. The number of benzene rings is 3. The van der Waals surface area contributed by atoms with Gasteiger partial charge in [-0.15, -0.1) is 0 Å². The van der Waals surface area contributed by atoms with Crippen molar-refractivity contribution in [3.63, 3.8) is 0 Å². The zero-order valence-corrected chi connectivity index (χ0v) is 18.8. The summed E-state index contributed by atoms with van der Waals surface area (Å²) in [6.45, 7) is 4.28. The number of fused-ring (bicyclic) bond motifs is 1. The predicted octanol–water partition coefficient (Wildman–Crippen LogP) is 4.61. The fraction of sp³-hybridized carbons (Fsp3) is 0.192. The molecule has 7 heteroatoms. The molecule has 166 valence electrons. The van der Waals surface area contributed by atoms with Crippen LogP contribution in [0.3, 0.4) is 0 Å². The average molecular weight is 458 g/mol. The normalized spacial score (nSPS) is 14.3. The van der Waals surface area contributed by atoms with Gasteiger partial charge >= 0.3 is 0 Å². The SMILES string of the molecule is O=C(Nc1nc2ccc(CN3CCOCC3)cc2s1)c1ccccc1C(=O)c1ccccc1. The molecule has 1 aromatic heterocycles. The maximum atomic E-state index is 13.1. The molecule has 3 aromatic carbocycles. The summed E-state index contributed by atoms with van der Waals surface area (Å²) in [4.78, 5) is 33.0. The van der Waals surface area contributed by atoms with Crippen LogP contribution in [0.5, 0.6) is 0 Å². The van der Waals surface area contributed by atoms with Crippen LogP contribution in [0.1, 0.15) is 31.8 Å². The zero-order valence-electron chi connectivity index (χ0n) is 18.0. The summed E-state index contributed by atoms with van der Waals surface area (Å²) >= 11 is 1.44. The minimum atomic E-state index is -0.345. The van der Waals surface area contributed by atoms with Crippen LogP contribution in [0.25, 0.3) is 10.2 Å². The molecule has 5 rings (SSSR count). The molecule has 0 bridgehead atoms. The summed E-state index contributed by atoms with van der Waals surface area (Å²) in [5.41, 5.74) is 3.30. The smallest absolute Gasteiger partial charge is 0.258 e. The highest BCUT2D eigenvalue weighted by atomic mass is 32.1. The second kappa shape index (κ2) is 9.62. The van der Waals surface area contributed by atoms with E-state index in [0.29, 0.717) is 21.8 Å². The van der Waals surface area contributed by atoms with Crippen molar-refractivity contribution in [1.29, 1.82) is 0 Å². The molecule has 1 aliphatic rings. The Hall–Kier alpha value is -3.39. The van der Waals surface area contributed by atoms with Crippen LogP contribution in [0, 0.1) is 0 Å². The molecular weight excluding hydrogens is 434 g/mol. The predicted molar refractivity (Wildman–Crippen MR) is 130 cm³/mol. The molecule has 1 N–H and O–H groups in total. The number of anilines is 1. The fourth-order valence-corrected chi connectivity index (χ4v) is 4.85. The van der Waals surface area contributed by atoms with Crippen LogP contribution < -0.4 is 5.32 Å². The van der Waals surface area contributed by atoms with Crippen LogP contribution >= 0.6 is 11.3 Å². The summed E-state index contributed by atoms with van der Waals surface area (Å²) in [6, 6.07) is 22.0. The van der Waals surface area contributed by atoms with E-state index in [9.17, 15) is 9.59 Å². The Morgan fingerprint density at radius 1 is 0.939 bits per heavy atom. The van der Waals surface area contributed by atoms with Gasteiger partial charge in [0.25, 0.3) is 5.91 Å². The van der Waals surface area contributed by atoms with E-state index in [1.54, 1.807) is 36.4 Å². The van der Waals surface area contributed by atoms with Crippen LogP contribution in [0.2, 0.25) is 0 Å². The van der Waals surface area contributed by atoms with Crippen LogP contribution in [0.15, 0.2) is 72.8 Å². The number of morpholine rings is 1. The Balaban J connectivity index is 1.35. The van der Waals surface area contributed by atoms with Gasteiger partial charge in [0, 0.05) is 30.8 Å². The Bertz CT molecular complexity index is 1300. The lowest BCUT2D eigenvalue weighted by Crippen LogP contribution is -2.35. The molecule has 0 radical (unpaired) electrons. The molecule has 1 amide bonds. The van der Waals surface area contributed by atoms with Gasteiger partial charge in [0.15, 0.2) is 10.9 Å². The van der Waals surface area contributed by atoms with Crippen LogP contribution in [0.4, 0.5) is 5.13 Å². The highest BCUT2D eigenvalue weighted by molar-refractivity contribution is 7.22. The van der Waals surface area contributed by atoms with Crippen molar-refractivity contribution in [2.75, 3.05) is 31.6 Å². The number of carbonyl (C=O) groups excluding carboxylic acids is 2. The Morgan fingerprint density at radius 3 is 2.45 bits per heavy atom. The van der Waals surface area contributed by atoms with Crippen LogP contribution in [-0.4, -0.2) is 47.9 Å². The average Bonchev–Trinajstić information content (AvgIpc) is 3.26. The number of nitrogens with one attached hydrogen (secondary N) is 1. The molecule has 1 aliphatic heterocycles. The van der Waals surface area contributed by atoms with Gasteiger partial charge in [-0.25, -0.2) is 4.98 Å². The molecule has 4 aromatic rings. The highest BCUT2D eigenvalue weighted by Crippen LogP contribution is 2.28. The summed E-state index contributed by atoms with van der Waals surface area (Å²) in [6.07, 6.45) is 0. The molecule has 0 spiro atoms. The highest BCUT2D eigenvalue weighted by Gasteiger charge is 2.19. The number of hydrogen-bond donors (Lipinski definition) is 1. The maximum Gasteiger partial charge on any atom is 0.258 e. The lowest BCUT2D eigenvalue weighted by atomic mass is 9.98. The first-order valence-electron chi connectivity index (χ1n) is 10.9. The third-order valence-corrected chi connectivity index (χ3v) is 6.57. The first kappa shape index (κ1) is 21.5. The maximum absolute atomic E-state index is 13.1. The van der Waals surface area contributed by atoms with Crippen molar-refractivity contribution >= 4 is 38.4 Å². The van der Waals surface area contributed by atoms with Gasteiger partial charge in [-0.05, 0) is 23.8 Å². The van der Waals surface area contributed by atoms with Gasteiger partial charge in [-0.1, -0.05) is 65.9 Å². The number of nitrogens with zero attached hydrogens (tertiary/aromatic N) is 2. The third-order valence-electron chi connectivity index (χ3n) is 5.64. The van der Waals surface area contributed by atoms with Gasteiger partial charge in [0.1, 0.15) is 0 Å². The standard InChI is InChI=1S/C26H23N3O3S/c30-24(19-6-2-1-3-7-19)20-8-4-5-9-21(20)25(31)28-26-27-22-11-10-18(16-23(22)33-26)17-29-12-14-32-15-13-29/h1-11,16H,12-15,17H2,(H,27,28,31). The lowest BCUT2D eigenvalue weighted by molar-refractivity contribution is 0.0342. The topological polar surface area (TPSA) is 71.5 Å². The number of ketones is 1. The lowest BCUT2D eigenvalue weighted by Gasteiger charge is -2.26. The molecule has 2 heterocycles. The van der Waals surface area contributed by atoms with E-state index < -0.39 is 0 Å². The Morgan fingerprint density at radius 2 is 1.67 bits per heavy atom. The van der Waals surface area contributed by atoms with Crippen molar-refractivity contribution in [3.05, 3.63) is 95.1 Å². The van der Waals surface area contributed by atoms with E-state index >= 15 is 0 Å². The molecule has 6 nitrogen and oxygen atoms in total. The molecule has 1 saturated heterocycles. The number of hydrogen-bond acceptors (Lipinski definition) is 6. The van der Waals surface area contributed by atoms with E-state index in [1.807, 2.05) is 24.3 Å². The van der Waals surface area contributed by atoms with Crippen molar-refractivity contribution in [1.82, 2.24) is 9.88 Å². The summed E-state index contributed by atoms with van der Waals surface area (Å²) in [7, 11) is 0. The van der Waals surface area contributed by atoms with Gasteiger partial charge in [-0.2, -0.15) is 0 Å². The van der Waals surface area contributed by atoms with Gasteiger partial charge in [0.05, 0.1) is 29.0 Å². The number of amides is 1. The van der Waals surface area contributed by atoms with Crippen molar-refractivity contribution in [3.8, 4) is 0 Å². The van der Waals surface area contributed by atoms with E-state index in [0.717, 1.165) is 43.1 Å². The number of thiazole rings is 1. The number of carbonyl (C=O) groups is 2. The molecule has 0 saturated carbocycles. The molecule has 0 unspecified atom stereocenters. The van der Waals surface area contributed by atoms with E-state index in [4.69, 9.17) is 4.74 Å². The number of rotatable bonds is 6. The van der Waals surface area contributed by atoms with E-state index in [1.165, 1.54) is 16.9 Å². The summed E-state index contributed by atoms with van der Waals surface area (Å²) in [5.74, 6) is -0.527. The van der Waals surface area contributed by atoms with Crippen molar-refractivity contribution in [2.45, 2.75) is 6.54 Å². The molecule has 0 aliphatic carbocycles. The second-order valence-corrected chi connectivity index (χ2v) is 8.94. The quantitative estimate of drug-likeness (QED) is 0.428. The van der Waals surface area contributed by atoms with Gasteiger partial charge in [0.2, 0.25) is 0 Å². The Labute approximate surface area is 195 Å². The van der Waals surface area contributed by atoms with E-state index in [2.05, 4.69) is 27.3 Å². The molecule has 0 atom stereocenters. The summed E-state index contributed by atoms with van der Waals surface area (Å²) in [5, 5.41) is 3.40. The molecule has 1 fully saturated rings. The van der Waals surface area contributed by atoms with Gasteiger partial charge in [-0.3, -0.25) is 19.8 Å². The first-order valence-corrected chi connectivity index (χ1v) is 11.7. The zero-order chi connectivity index (χ0) is 22.6. The Kier molecular flexibility index (Phi) is 6.26. The largest absolute Gasteiger partial charge is 0.379 e. The summed E-state index contributed by atoms with van der Waals surface area (Å²) < 4.78 is 6.44. The number of aromatic nitrogens is 1.